The molecular weight excluding hydrogens is 220 g/mol. The van der Waals surface area contributed by atoms with Crippen molar-refractivity contribution in [1.82, 2.24) is 9.97 Å². The zero-order chi connectivity index (χ0) is 8.39. The number of halogens is 1. The number of hydrogen-bond acceptors (Lipinski definition) is 3. The molecule has 0 amide bonds. The molecule has 2 heterocycles. The second-order valence-corrected chi connectivity index (χ2v) is 3.02. The average Bonchev–Trinajstić information content (AvgIpc) is 2.56. The smallest absolute Gasteiger partial charge is 0.153 e. The number of aromatic nitrogens is 2. The molecule has 0 aliphatic heterocycles. The van der Waals surface area contributed by atoms with Crippen LogP contribution >= 0.6 is 15.9 Å². The quantitative estimate of drug-likeness (QED) is 0.748. The highest BCUT2D eigenvalue weighted by Gasteiger charge is 2.01. The molecule has 3 nitrogen and oxygen atoms in total. The first-order valence-corrected chi connectivity index (χ1v) is 4.17. The first-order chi connectivity index (χ1) is 5.86. The highest BCUT2D eigenvalue weighted by atomic mass is 79.9. The Kier molecular flexibility index (Phi) is 1.91. The summed E-state index contributed by atoms with van der Waals surface area (Å²) in [6.07, 6.45) is 4.90. The van der Waals surface area contributed by atoms with Gasteiger partial charge in [0.1, 0.15) is 10.3 Å². The van der Waals surface area contributed by atoms with E-state index in [0.717, 1.165) is 11.5 Å². The summed E-state index contributed by atoms with van der Waals surface area (Å²) in [6, 6.07) is 3.66. The summed E-state index contributed by atoms with van der Waals surface area (Å²) >= 11 is 3.23. The lowest BCUT2D eigenvalue weighted by atomic mass is 10.3. The summed E-state index contributed by atoms with van der Waals surface area (Å²) in [5, 5.41) is 0. The molecule has 0 saturated heterocycles. The molecule has 0 spiro atoms. The van der Waals surface area contributed by atoms with Crippen LogP contribution in [0.2, 0.25) is 0 Å². The minimum absolute atomic E-state index is 0.705. The van der Waals surface area contributed by atoms with Gasteiger partial charge in [-0.1, -0.05) is 0 Å². The third-order valence-electron chi connectivity index (χ3n) is 1.38. The summed E-state index contributed by atoms with van der Waals surface area (Å²) in [5.74, 6) is 0.726. The zero-order valence-corrected chi connectivity index (χ0v) is 7.65. The Bertz CT molecular complexity index is 372. The van der Waals surface area contributed by atoms with Crippen molar-refractivity contribution >= 4 is 15.9 Å². The molecule has 2 aromatic heterocycles. The minimum atomic E-state index is 0.705. The Hall–Kier alpha value is -1.16. The van der Waals surface area contributed by atoms with E-state index in [1.165, 1.54) is 0 Å². The molecule has 0 radical (unpaired) electrons. The van der Waals surface area contributed by atoms with Gasteiger partial charge in [-0.25, -0.2) is 4.98 Å². The van der Waals surface area contributed by atoms with Crippen LogP contribution in [-0.4, -0.2) is 9.97 Å². The third kappa shape index (κ3) is 1.38. The molecule has 12 heavy (non-hydrogen) atoms. The van der Waals surface area contributed by atoms with Gasteiger partial charge in [0.2, 0.25) is 0 Å². The predicted octanol–water partition coefficient (Wildman–Crippen LogP) is 2.50. The van der Waals surface area contributed by atoms with E-state index in [2.05, 4.69) is 25.9 Å². The number of hydrogen-bond donors (Lipinski definition) is 0. The van der Waals surface area contributed by atoms with E-state index in [1.807, 2.05) is 12.1 Å². The average molecular weight is 225 g/mol. The molecule has 0 N–H and O–H groups in total. The van der Waals surface area contributed by atoms with Gasteiger partial charge >= 0.3 is 0 Å². The van der Waals surface area contributed by atoms with E-state index < -0.39 is 0 Å². The molecule has 2 rings (SSSR count). The van der Waals surface area contributed by atoms with Gasteiger partial charge < -0.3 is 4.42 Å². The molecule has 0 fully saturated rings. The summed E-state index contributed by atoms with van der Waals surface area (Å²) in [5.41, 5.74) is 0.731. The fourth-order valence-electron chi connectivity index (χ4n) is 0.885. The van der Waals surface area contributed by atoms with Gasteiger partial charge in [0, 0.05) is 0 Å². The maximum Gasteiger partial charge on any atom is 0.153 e. The van der Waals surface area contributed by atoms with Crippen molar-refractivity contribution in [1.29, 1.82) is 0 Å². The molecule has 0 unspecified atom stereocenters. The highest BCUT2D eigenvalue weighted by molar-refractivity contribution is 9.10. The molecule has 0 aliphatic rings. The van der Waals surface area contributed by atoms with Crippen LogP contribution in [0.3, 0.4) is 0 Å². The Labute approximate surface area is 77.6 Å². The Morgan fingerprint density at radius 2 is 2.25 bits per heavy atom. The number of rotatable bonds is 1. The van der Waals surface area contributed by atoms with Gasteiger partial charge in [0.25, 0.3) is 0 Å². The standard InChI is InChI=1S/C8H5BrN2O/c9-8-5-10-4-6(11-8)7-2-1-3-12-7/h1-5H. The molecule has 0 saturated carbocycles. The summed E-state index contributed by atoms with van der Waals surface area (Å²) < 4.78 is 5.86. The molecule has 0 bridgehead atoms. The molecular formula is C8H5BrN2O. The van der Waals surface area contributed by atoms with Gasteiger partial charge in [0.05, 0.1) is 18.7 Å². The Balaban J connectivity index is 2.48. The lowest BCUT2D eigenvalue weighted by molar-refractivity contribution is 0.579. The van der Waals surface area contributed by atoms with E-state index in [1.54, 1.807) is 18.7 Å². The Morgan fingerprint density at radius 3 is 2.92 bits per heavy atom. The van der Waals surface area contributed by atoms with Crippen LogP contribution < -0.4 is 0 Å². The van der Waals surface area contributed by atoms with Crippen LogP contribution in [0.15, 0.2) is 39.8 Å². The van der Waals surface area contributed by atoms with E-state index in [9.17, 15) is 0 Å². The van der Waals surface area contributed by atoms with Crippen LogP contribution in [0.4, 0.5) is 0 Å². The van der Waals surface area contributed by atoms with E-state index in [0.29, 0.717) is 4.60 Å². The van der Waals surface area contributed by atoms with Crippen molar-refractivity contribution in [2.45, 2.75) is 0 Å². The van der Waals surface area contributed by atoms with E-state index in [-0.39, 0.29) is 0 Å². The normalized spacial score (nSPS) is 10.1. The fraction of sp³-hybridized carbons (Fsp3) is 0. The molecule has 0 atom stereocenters. The van der Waals surface area contributed by atoms with Gasteiger partial charge in [-0.05, 0) is 28.1 Å². The first kappa shape index (κ1) is 7.49. The second-order valence-electron chi connectivity index (χ2n) is 2.20. The van der Waals surface area contributed by atoms with Gasteiger partial charge in [0.15, 0.2) is 5.76 Å². The van der Waals surface area contributed by atoms with Crippen molar-refractivity contribution in [3.05, 3.63) is 35.4 Å². The van der Waals surface area contributed by atoms with E-state index >= 15 is 0 Å². The fourth-order valence-corrected chi connectivity index (χ4v) is 1.19. The van der Waals surface area contributed by atoms with Gasteiger partial charge in [-0.2, -0.15) is 0 Å². The third-order valence-corrected chi connectivity index (χ3v) is 1.76. The summed E-state index contributed by atoms with van der Waals surface area (Å²) in [7, 11) is 0. The molecule has 4 heteroatoms. The van der Waals surface area contributed by atoms with Gasteiger partial charge in [-0.15, -0.1) is 0 Å². The SMILES string of the molecule is Brc1cncc(-c2ccco2)n1. The molecule has 0 aromatic carbocycles. The highest BCUT2D eigenvalue weighted by Crippen LogP contribution is 2.17. The predicted molar refractivity (Wildman–Crippen MR) is 47.4 cm³/mol. The number of nitrogens with zero attached hydrogens (tertiary/aromatic N) is 2. The van der Waals surface area contributed by atoms with Crippen LogP contribution in [-0.2, 0) is 0 Å². The minimum Gasteiger partial charge on any atom is -0.463 e. The Morgan fingerprint density at radius 1 is 1.33 bits per heavy atom. The zero-order valence-electron chi connectivity index (χ0n) is 6.07. The van der Waals surface area contributed by atoms with E-state index in [4.69, 9.17) is 4.42 Å². The van der Waals surface area contributed by atoms with Crippen molar-refractivity contribution < 1.29 is 4.42 Å². The van der Waals surface area contributed by atoms with Crippen LogP contribution in [0.1, 0.15) is 0 Å². The second kappa shape index (κ2) is 3.06. The van der Waals surface area contributed by atoms with Crippen molar-refractivity contribution in [2.75, 3.05) is 0 Å². The van der Waals surface area contributed by atoms with Crippen LogP contribution in [0, 0.1) is 0 Å². The van der Waals surface area contributed by atoms with Gasteiger partial charge in [-0.3, -0.25) is 4.98 Å². The van der Waals surface area contributed by atoms with Crippen molar-refractivity contribution in [3.8, 4) is 11.5 Å². The number of furan rings is 1. The molecule has 0 aliphatic carbocycles. The van der Waals surface area contributed by atoms with Crippen LogP contribution in [0.5, 0.6) is 0 Å². The first-order valence-electron chi connectivity index (χ1n) is 3.38. The lowest BCUT2D eigenvalue weighted by Gasteiger charge is -1.94. The molecule has 60 valence electrons. The monoisotopic (exact) mass is 224 g/mol. The van der Waals surface area contributed by atoms with Crippen molar-refractivity contribution in [2.24, 2.45) is 0 Å². The largest absolute Gasteiger partial charge is 0.463 e. The molecule has 2 aromatic rings. The van der Waals surface area contributed by atoms with Crippen molar-refractivity contribution in [3.63, 3.8) is 0 Å². The topological polar surface area (TPSA) is 38.9 Å². The maximum atomic E-state index is 5.15. The lowest BCUT2D eigenvalue weighted by Crippen LogP contribution is -1.83. The summed E-state index contributed by atoms with van der Waals surface area (Å²) in [6.45, 7) is 0. The maximum absolute atomic E-state index is 5.15. The summed E-state index contributed by atoms with van der Waals surface area (Å²) in [4.78, 5) is 8.15. The van der Waals surface area contributed by atoms with Crippen LogP contribution in [0.25, 0.3) is 11.5 Å².